The molecule has 0 spiro atoms. The molecule has 13 heteroatoms. The lowest BCUT2D eigenvalue weighted by atomic mass is 10.1. The fourth-order valence-electron chi connectivity index (χ4n) is 5.10. The number of phenolic OH excluding ortho intramolecular Hbond substituents is 2. The van der Waals surface area contributed by atoms with Gasteiger partial charge in [-0.1, -0.05) is 30.0 Å². The van der Waals surface area contributed by atoms with Gasteiger partial charge in [-0.05, 0) is 96.3 Å². The number of fused-ring (bicyclic) bond motifs is 2. The second-order valence-corrected chi connectivity index (χ2v) is 13.3. The third-order valence-corrected chi connectivity index (χ3v) is 9.23. The van der Waals surface area contributed by atoms with Crippen LogP contribution in [0.25, 0.3) is 21.5 Å². The predicted molar refractivity (Wildman–Crippen MR) is 193 cm³/mol. The third kappa shape index (κ3) is 6.78. The summed E-state index contributed by atoms with van der Waals surface area (Å²) >= 11 is 9.07. The number of allylic oxidation sites excluding steroid dienone is 4. The van der Waals surface area contributed by atoms with Gasteiger partial charge in [0.25, 0.3) is 10.1 Å². The number of nitrogens with one attached hydrogen (secondary N) is 1. The SMILES string of the molecule is Cc1cc(N=Nc2c(S(=O)(=O)O)cc3cc(NC4=CC=CC#CC4C)ccc3c2O)c(O)cc1N=Nc1cc(S)c2cccc(S)c2c1. The number of benzene rings is 5. The lowest BCUT2D eigenvalue weighted by molar-refractivity contribution is 0.471. The standard InChI is InChI=1S/C35H27N5O5S3/c1-19-7-4-3-5-9-27(19)36-22-11-12-24-21(14-22)15-33(48(43,44)45)34(35(24)42)40-39-29-13-20(2)28(18-30(29)41)38-37-23-16-26-25(32(47)17-23)8-6-10-31(26)46/h3,5-6,8-19,36,41-42,46-47H,1-2H3,(H,43,44,45). The van der Waals surface area contributed by atoms with E-state index in [1.807, 2.05) is 43.3 Å². The van der Waals surface area contributed by atoms with Crippen molar-refractivity contribution in [3.05, 3.63) is 96.2 Å². The quantitative estimate of drug-likeness (QED) is 0.0431. The Balaban J connectivity index is 1.32. The molecule has 48 heavy (non-hydrogen) atoms. The molecule has 5 aromatic carbocycles. The zero-order chi connectivity index (χ0) is 34.2. The molecule has 1 unspecified atom stereocenters. The monoisotopic (exact) mass is 693 g/mol. The van der Waals surface area contributed by atoms with Gasteiger partial charge in [0.05, 0.1) is 17.3 Å². The number of phenols is 2. The molecular weight excluding hydrogens is 667 g/mol. The van der Waals surface area contributed by atoms with Gasteiger partial charge in [-0.2, -0.15) is 18.6 Å². The highest BCUT2D eigenvalue weighted by Crippen LogP contribution is 2.43. The summed E-state index contributed by atoms with van der Waals surface area (Å²) in [5.41, 5.74) is 2.38. The number of hydrogen-bond donors (Lipinski definition) is 6. The van der Waals surface area contributed by atoms with Crippen molar-refractivity contribution in [3.8, 4) is 23.3 Å². The van der Waals surface area contributed by atoms with Gasteiger partial charge in [-0.15, -0.1) is 35.5 Å². The Kier molecular flexibility index (Phi) is 9.00. The molecule has 0 saturated carbocycles. The van der Waals surface area contributed by atoms with E-state index in [0.717, 1.165) is 21.4 Å². The maximum absolute atomic E-state index is 12.4. The number of thiol groups is 2. The number of rotatable bonds is 7. The van der Waals surface area contributed by atoms with Gasteiger partial charge in [-0.3, -0.25) is 4.55 Å². The maximum Gasteiger partial charge on any atom is 0.296 e. The molecule has 0 amide bonds. The van der Waals surface area contributed by atoms with Crippen LogP contribution in [0.2, 0.25) is 0 Å². The van der Waals surface area contributed by atoms with E-state index in [-0.39, 0.29) is 22.7 Å². The third-order valence-electron chi connectivity index (χ3n) is 7.60. The van der Waals surface area contributed by atoms with Crippen molar-refractivity contribution in [1.29, 1.82) is 0 Å². The summed E-state index contributed by atoms with van der Waals surface area (Å²) in [6, 6.07) is 18.2. The minimum atomic E-state index is -4.86. The average Bonchev–Trinajstić information content (AvgIpc) is 3.24. The van der Waals surface area contributed by atoms with Gasteiger partial charge >= 0.3 is 0 Å². The molecule has 4 N–H and O–H groups in total. The highest BCUT2D eigenvalue weighted by molar-refractivity contribution is 7.86. The van der Waals surface area contributed by atoms with E-state index in [0.29, 0.717) is 32.9 Å². The van der Waals surface area contributed by atoms with E-state index in [1.165, 1.54) is 18.2 Å². The Hall–Kier alpha value is -5.13. The van der Waals surface area contributed by atoms with Crippen molar-refractivity contribution in [2.24, 2.45) is 26.4 Å². The molecule has 5 aromatic rings. The zero-order valence-electron chi connectivity index (χ0n) is 25.4. The molecule has 0 aliphatic heterocycles. The maximum atomic E-state index is 12.4. The summed E-state index contributed by atoms with van der Waals surface area (Å²) in [6.45, 7) is 3.67. The summed E-state index contributed by atoms with van der Waals surface area (Å²) in [5.74, 6) is 5.10. The van der Waals surface area contributed by atoms with Gasteiger partial charge in [0.15, 0.2) is 5.75 Å². The highest BCUT2D eigenvalue weighted by atomic mass is 32.2. The number of aromatic hydroxyl groups is 2. The smallest absolute Gasteiger partial charge is 0.296 e. The second-order valence-electron chi connectivity index (χ2n) is 11.0. The van der Waals surface area contributed by atoms with Crippen LogP contribution in [0.1, 0.15) is 12.5 Å². The number of aryl methyl sites for hydroxylation is 1. The van der Waals surface area contributed by atoms with Crippen molar-refractivity contribution >= 4 is 85.4 Å². The Morgan fingerprint density at radius 2 is 1.65 bits per heavy atom. The first kappa shape index (κ1) is 32.8. The van der Waals surface area contributed by atoms with Crippen molar-refractivity contribution in [1.82, 2.24) is 0 Å². The lowest BCUT2D eigenvalue weighted by Crippen LogP contribution is -2.07. The van der Waals surface area contributed by atoms with Crippen molar-refractivity contribution in [3.63, 3.8) is 0 Å². The summed E-state index contributed by atoms with van der Waals surface area (Å²) < 4.78 is 34.9. The number of azo groups is 2. The van der Waals surface area contributed by atoms with Crippen LogP contribution in [0.3, 0.4) is 0 Å². The summed E-state index contributed by atoms with van der Waals surface area (Å²) in [4.78, 5) is 0.821. The minimum Gasteiger partial charge on any atom is -0.506 e. The normalized spacial score (nSPS) is 14.8. The molecule has 0 heterocycles. The molecule has 1 aliphatic carbocycles. The molecule has 0 saturated heterocycles. The van der Waals surface area contributed by atoms with Crippen molar-refractivity contribution in [2.75, 3.05) is 5.32 Å². The molecule has 240 valence electrons. The summed E-state index contributed by atoms with van der Waals surface area (Å²) in [7, 11) is -4.86. The Morgan fingerprint density at radius 1 is 0.854 bits per heavy atom. The van der Waals surface area contributed by atoms with Crippen LogP contribution in [0.4, 0.5) is 28.4 Å². The molecule has 0 aromatic heterocycles. The van der Waals surface area contributed by atoms with E-state index in [4.69, 9.17) is 0 Å². The summed E-state index contributed by atoms with van der Waals surface area (Å²) in [6.07, 6.45) is 5.43. The topological polar surface area (TPSA) is 156 Å². The van der Waals surface area contributed by atoms with Crippen LogP contribution in [-0.4, -0.2) is 23.2 Å². The molecule has 10 nitrogen and oxygen atoms in total. The van der Waals surface area contributed by atoms with E-state index >= 15 is 0 Å². The van der Waals surface area contributed by atoms with Gasteiger partial charge in [0.1, 0.15) is 22.0 Å². The summed E-state index contributed by atoms with van der Waals surface area (Å²) in [5, 5.41) is 44.1. The second kappa shape index (κ2) is 13.2. The van der Waals surface area contributed by atoms with E-state index in [9.17, 15) is 23.2 Å². The molecule has 1 aliphatic rings. The van der Waals surface area contributed by atoms with Crippen LogP contribution in [0, 0.1) is 24.7 Å². The average molecular weight is 694 g/mol. The fourth-order valence-corrected chi connectivity index (χ4v) is 6.36. The van der Waals surface area contributed by atoms with E-state index in [2.05, 4.69) is 62.9 Å². The number of anilines is 1. The molecule has 1 atom stereocenters. The predicted octanol–water partition coefficient (Wildman–Crippen LogP) is 9.87. The van der Waals surface area contributed by atoms with Crippen LogP contribution < -0.4 is 5.32 Å². The first-order valence-corrected chi connectivity index (χ1v) is 16.8. The Bertz CT molecular complexity index is 2450. The van der Waals surface area contributed by atoms with Gasteiger partial charge in [0, 0.05) is 32.6 Å². The van der Waals surface area contributed by atoms with Crippen LogP contribution in [-0.2, 0) is 10.1 Å². The van der Waals surface area contributed by atoms with Crippen LogP contribution >= 0.6 is 25.3 Å². The molecule has 0 bridgehead atoms. The number of hydrogen-bond acceptors (Lipinski definition) is 11. The largest absolute Gasteiger partial charge is 0.506 e. The van der Waals surface area contributed by atoms with E-state index in [1.54, 1.807) is 37.3 Å². The highest BCUT2D eigenvalue weighted by Gasteiger charge is 2.23. The van der Waals surface area contributed by atoms with Gasteiger partial charge in [-0.25, -0.2) is 0 Å². The van der Waals surface area contributed by atoms with Gasteiger partial charge in [0.2, 0.25) is 0 Å². The van der Waals surface area contributed by atoms with E-state index < -0.39 is 26.5 Å². The van der Waals surface area contributed by atoms with Crippen molar-refractivity contribution < 1.29 is 23.2 Å². The molecule has 0 radical (unpaired) electrons. The van der Waals surface area contributed by atoms with Crippen LogP contribution in [0.15, 0.2) is 126 Å². The molecule has 6 rings (SSSR count). The number of nitrogens with zero attached hydrogens (tertiary/aromatic N) is 4. The zero-order valence-corrected chi connectivity index (χ0v) is 28.0. The Morgan fingerprint density at radius 3 is 2.44 bits per heavy atom. The van der Waals surface area contributed by atoms with Gasteiger partial charge < -0.3 is 15.5 Å². The Labute approximate surface area is 287 Å². The fraction of sp³-hybridized carbons (Fsp3) is 0.0857. The molecule has 0 fully saturated rings. The lowest BCUT2D eigenvalue weighted by Gasteiger charge is -2.15. The minimum absolute atomic E-state index is 0.0298. The van der Waals surface area contributed by atoms with Crippen LogP contribution in [0.5, 0.6) is 11.5 Å². The molecular formula is C35H27N5O5S3. The van der Waals surface area contributed by atoms with Crippen molar-refractivity contribution in [2.45, 2.75) is 28.5 Å². The first-order valence-electron chi connectivity index (χ1n) is 14.4. The first-order chi connectivity index (χ1) is 22.9.